The first kappa shape index (κ1) is 14.0. The molecule has 0 spiro atoms. The van der Waals surface area contributed by atoms with E-state index < -0.39 is 0 Å². The van der Waals surface area contributed by atoms with Crippen LogP contribution in [0.15, 0.2) is 24.5 Å². The minimum Gasteiger partial charge on any atom is -0.370 e. The van der Waals surface area contributed by atoms with E-state index in [1.807, 2.05) is 12.1 Å². The fourth-order valence-corrected chi connectivity index (χ4v) is 2.84. The molecule has 1 heterocycles. The fraction of sp³-hybridized carbons (Fsp3) is 0.538. The molecule has 2 rings (SSSR count). The van der Waals surface area contributed by atoms with Crippen molar-refractivity contribution in [3.05, 3.63) is 30.1 Å². The Balaban J connectivity index is 0.00000144. The lowest BCUT2D eigenvalue weighted by atomic mass is 9.67. The number of pyridine rings is 1. The van der Waals surface area contributed by atoms with E-state index in [4.69, 9.17) is 5.73 Å². The summed E-state index contributed by atoms with van der Waals surface area (Å²) in [6.45, 7) is 0. The van der Waals surface area contributed by atoms with Gasteiger partial charge in [-0.15, -0.1) is 12.4 Å². The maximum Gasteiger partial charge on any atom is 0.218 e. The van der Waals surface area contributed by atoms with Crippen molar-refractivity contribution in [2.24, 2.45) is 5.73 Å². The number of nitrogens with two attached hydrogens (primary N) is 1. The van der Waals surface area contributed by atoms with Crippen LogP contribution in [0.25, 0.3) is 0 Å². The number of aromatic nitrogens is 1. The number of hydrogen-bond acceptors (Lipinski definition) is 2. The average Bonchev–Trinajstić information content (AvgIpc) is 2.30. The Morgan fingerprint density at radius 3 is 2.35 bits per heavy atom. The van der Waals surface area contributed by atoms with Crippen molar-refractivity contribution in [3.8, 4) is 0 Å². The van der Waals surface area contributed by atoms with Crippen molar-refractivity contribution < 1.29 is 4.79 Å². The molecule has 1 aliphatic carbocycles. The summed E-state index contributed by atoms with van der Waals surface area (Å²) in [5, 5.41) is 0. The summed E-state index contributed by atoms with van der Waals surface area (Å²) in [5.41, 5.74) is 6.59. The summed E-state index contributed by atoms with van der Waals surface area (Å²) in [7, 11) is 0. The third-order valence-corrected chi connectivity index (χ3v) is 3.62. The summed E-state index contributed by atoms with van der Waals surface area (Å²) in [6.07, 6.45) is 9.85. The van der Waals surface area contributed by atoms with Gasteiger partial charge >= 0.3 is 0 Å². The van der Waals surface area contributed by atoms with Gasteiger partial charge in [-0.05, 0) is 30.5 Å². The highest BCUT2D eigenvalue weighted by Gasteiger charge is 2.35. The summed E-state index contributed by atoms with van der Waals surface area (Å²) in [5.74, 6) is -0.196. The van der Waals surface area contributed by atoms with Crippen LogP contribution in [0.4, 0.5) is 0 Å². The number of halogens is 1. The molecule has 0 atom stereocenters. The molecule has 1 aromatic heterocycles. The molecule has 1 aliphatic rings. The Morgan fingerprint density at radius 1 is 1.24 bits per heavy atom. The van der Waals surface area contributed by atoms with Crippen LogP contribution < -0.4 is 5.73 Å². The molecule has 1 saturated carbocycles. The van der Waals surface area contributed by atoms with Gasteiger partial charge in [-0.3, -0.25) is 9.78 Å². The molecule has 3 nitrogen and oxygen atoms in total. The molecular weight excluding hydrogens is 236 g/mol. The Bertz CT molecular complexity index is 361. The molecule has 1 aromatic rings. The van der Waals surface area contributed by atoms with E-state index >= 15 is 0 Å². The van der Waals surface area contributed by atoms with Gasteiger partial charge in [0.05, 0.1) is 0 Å². The van der Waals surface area contributed by atoms with Gasteiger partial charge in [0, 0.05) is 24.2 Å². The third kappa shape index (κ3) is 3.19. The minimum atomic E-state index is -0.196. The largest absolute Gasteiger partial charge is 0.370 e. The van der Waals surface area contributed by atoms with Gasteiger partial charge in [0.25, 0.3) is 0 Å². The minimum absolute atomic E-state index is 0. The molecule has 0 aromatic carbocycles. The van der Waals surface area contributed by atoms with Crippen LogP contribution in [-0.4, -0.2) is 10.9 Å². The number of nitrogens with zero attached hydrogens (tertiary/aromatic N) is 1. The van der Waals surface area contributed by atoms with E-state index in [2.05, 4.69) is 4.98 Å². The fourth-order valence-electron chi connectivity index (χ4n) is 2.84. The lowest BCUT2D eigenvalue weighted by Crippen LogP contribution is -2.34. The summed E-state index contributed by atoms with van der Waals surface area (Å²) < 4.78 is 0. The first-order chi connectivity index (χ1) is 7.73. The topological polar surface area (TPSA) is 56.0 Å². The normalized spacial score (nSPS) is 18.1. The molecule has 0 saturated heterocycles. The van der Waals surface area contributed by atoms with E-state index in [1.54, 1.807) is 12.4 Å². The van der Waals surface area contributed by atoms with Crippen LogP contribution in [0.5, 0.6) is 0 Å². The molecule has 1 fully saturated rings. The van der Waals surface area contributed by atoms with Gasteiger partial charge in [-0.25, -0.2) is 0 Å². The van der Waals surface area contributed by atoms with Crippen molar-refractivity contribution in [1.82, 2.24) is 4.98 Å². The summed E-state index contributed by atoms with van der Waals surface area (Å²) in [4.78, 5) is 15.3. The lowest BCUT2D eigenvalue weighted by Gasteiger charge is -2.36. The van der Waals surface area contributed by atoms with E-state index in [1.165, 1.54) is 24.8 Å². The maximum absolute atomic E-state index is 11.3. The monoisotopic (exact) mass is 254 g/mol. The van der Waals surface area contributed by atoms with Gasteiger partial charge in [-0.2, -0.15) is 0 Å². The van der Waals surface area contributed by atoms with Crippen LogP contribution in [0, 0.1) is 0 Å². The Hall–Kier alpha value is -1.09. The zero-order valence-corrected chi connectivity index (χ0v) is 10.7. The van der Waals surface area contributed by atoms with Crippen LogP contribution in [0.2, 0.25) is 0 Å². The predicted molar refractivity (Wildman–Crippen MR) is 70.1 cm³/mol. The molecule has 17 heavy (non-hydrogen) atoms. The van der Waals surface area contributed by atoms with Gasteiger partial charge in [0.2, 0.25) is 5.91 Å². The average molecular weight is 255 g/mol. The Morgan fingerprint density at radius 2 is 1.82 bits per heavy atom. The molecule has 0 aliphatic heterocycles. The molecule has 0 radical (unpaired) electrons. The number of carbonyl (C=O) groups is 1. The first-order valence-corrected chi connectivity index (χ1v) is 5.92. The standard InChI is InChI=1S/C13H18N2O.ClH/c14-12(16)10-13(6-2-1-3-7-13)11-4-8-15-9-5-11;/h4-5,8-9H,1-3,6-7,10H2,(H2,14,16);1H. The van der Waals surface area contributed by atoms with E-state index in [-0.39, 0.29) is 23.7 Å². The second kappa shape index (κ2) is 6.01. The number of carbonyl (C=O) groups excluding carboxylic acids is 1. The molecule has 2 N–H and O–H groups in total. The van der Waals surface area contributed by atoms with Crippen LogP contribution in [0.3, 0.4) is 0 Å². The van der Waals surface area contributed by atoms with Crippen molar-refractivity contribution in [3.63, 3.8) is 0 Å². The van der Waals surface area contributed by atoms with Crippen molar-refractivity contribution in [2.45, 2.75) is 43.9 Å². The first-order valence-electron chi connectivity index (χ1n) is 5.92. The highest BCUT2D eigenvalue weighted by molar-refractivity contribution is 5.85. The zero-order valence-electron chi connectivity index (χ0n) is 9.89. The second-order valence-corrected chi connectivity index (χ2v) is 4.72. The number of rotatable bonds is 3. The second-order valence-electron chi connectivity index (χ2n) is 4.72. The van der Waals surface area contributed by atoms with Crippen molar-refractivity contribution in [1.29, 1.82) is 0 Å². The molecule has 4 heteroatoms. The van der Waals surface area contributed by atoms with Crippen LogP contribution in [0.1, 0.15) is 44.1 Å². The van der Waals surface area contributed by atoms with E-state index in [9.17, 15) is 4.79 Å². The van der Waals surface area contributed by atoms with Gasteiger partial charge in [0.15, 0.2) is 0 Å². The predicted octanol–water partition coefficient (Wildman–Crippen LogP) is 2.58. The van der Waals surface area contributed by atoms with Crippen molar-refractivity contribution in [2.75, 3.05) is 0 Å². The quantitative estimate of drug-likeness (QED) is 0.901. The van der Waals surface area contributed by atoms with Crippen LogP contribution >= 0.6 is 12.4 Å². The van der Waals surface area contributed by atoms with Gasteiger partial charge < -0.3 is 5.73 Å². The highest BCUT2D eigenvalue weighted by Crippen LogP contribution is 2.41. The molecular formula is C13H19ClN2O. The van der Waals surface area contributed by atoms with Crippen molar-refractivity contribution >= 4 is 18.3 Å². The van der Waals surface area contributed by atoms with Crippen LogP contribution in [-0.2, 0) is 10.2 Å². The SMILES string of the molecule is Cl.NC(=O)CC1(c2ccncc2)CCCCC1. The van der Waals surface area contributed by atoms with E-state index in [0.29, 0.717) is 6.42 Å². The molecule has 0 unspecified atom stereocenters. The zero-order chi connectivity index (χ0) is 11.4. The number of hydrogen-bond donors (Lipinski definition) is 1. The number of primary amides is 1. The van der Waals surface area contributed by atoms with Gasteiger partial charge in [-0.1, -0.05) is 19.3 Å². The number of amides is 1. The maximum atomic E-state index is 11.3. The third-order valence-electron chi connectivity index (χ3n) is 3.62. The van der Waals surface area contributed by atoms with E-state index in [0.717, 1.165) is 12.8 Å². The Labute approximate surface area is 108 Å². The Kier molecular flexibility index (Phi) is 4.94. The molecule has 1 amide bonds. The lowest BCUT2D eigenvalue weighted by molar-refractivity contribution is -0.119. The van der Waals surface area contributed by atoms with Gasteiger partial charge in [0.1, 0.15) is 0 Å². The molecule has 0 bridgehead atoms. The summed E-state index contributed by atoms with van der Waals surface area (Å²) in [6, 6.07) is 4.04. The molecule has 94 valence electrons. The summed E-state index contributed by atoms with van der Waals surface area (Å²) >= 11 is 0. The highest BCUT2D eigenvalue weighted by atomic mass is 35.5. The smallest absolute Gasteiger partial charge is 0.218 e.